The van der Waals surface area contributed by atoms with Gasteiger partial charge in [-0.2, -0.15) is 0 Å². The zero-order valence-electron chi connectivity index (χ0n) is 18.0. The van der Waals surface area contributed by atoms with Gasteiger partial charge in [0.25, 0.3) is 5.91 Å². The molecule has 0 aliphatic carbocycles. The van der Waals surface area contributed by atoms with Gasteiger partial charge in [0.1, 0.15) is 5.82 Å². The molecule has 1 aromatic heterocycles. The summed E-state index contributed by atoms with van der Waals surface area (Å²) in [6, 6.07) is 16.3. The summed E-state index contributed by atoms with van der Waals surface area (Å²) in [5.41, 5.74) is 9.20. The summed E-state index contributed by atoms with van der Waals surface area (Å²) in [5.74, 6) is -1.06. The number of aromatic carboxylic acids is 1. The Bertz CT molecular complexity index is 1140. The van der Waals surface area contributed by atoms with Crippen molar-refractivity contribution >= 4 is 34.8 Å². The van der Waals surface area contributed by atoms with Crippen LogP contribution in [0.4, 0.5) is 22.9 Å². The van der Waals surface area contributed by atoms with Gasteiger partial charge >= 0.3 is 5.97 Å². The van der Waals surface area contributed by atoms with Crippen LogP contribution in [-0.2, 0) is 11.3 Å². The standard InChI is InChI=1S/C24H25N5O4/c25-23(30)20-15-27-22(13-21(20)26-14-16-2-1-3-17(12-16)24(31)32)28-18-4-6-19(7-5-18)29-8-10-33-11-9-29/h1-7,12-13,15H,8-11,14H2,(H2,25,30)(H,31,32)(H2,26,27,28). The lowest BCUT2D eigenvalue weighted by atomic mass is 10.1. The third kappa shape index (κ3) is 5.58. The molecule has 1 aliphatic heterocycles. The van der Waals surface area contributed by atoms with Crippen LogP contribution >= 0.6 is 0 Å². The topological polar surface area (TPSA) is 130 Å². The molecule has 1 aliphatic rings. The summed E-state index contributed by atoms with van der Waals surface area (Å²) >= 11 is 0. The number of hydrogen-bond acceptors (Lipinski definition) is 7. The lowest BCUT2D eigenvalue weighted by molar-refractivity contribution is 0.0696. The number of nitrogens with zero attached hydrogens (tertiary/aromatic N) is 2. The number of ether oxygens (including phenoxy) is 1. The fourth-order valence-electron chi connectivity index (χ4n) is 3.60. The Hall–Kier alpha value is -4.11. The molecule has 1 saturated heterocycles. The van der Waals surface area contributed by atoms with Gasteiger partial charge in [-0.25, -0.2) is 9.78 Å². The van der Waals surface area contributed by atoms with E-state index in [4.69, 9.17) is 10.5 Å². The molecule has 1 fully saturated rings. The second kappa shape index (κ2) is 10.0. The number of hydrogen-bond donors (Lipinski definition) is 4. The average molecular weight is 447 g/mol. The molecule has 5 N–H and O–H groups in total. The van der Waals surface area contributed by atoms with E-state index >= 15 is 0 Å². The van der Waals surface area contributed by atoms with Gasteiger partial charge in [0.15, 0.2) is 0 Å². The molecule has 2 heterocycles. The molecule has 0 atom stereocenters. The summed E-state index contributed by atoms with van der Waals surface area (Å²) in [7, 11) is 0. The number of amides is 1. The normalized spacial score (nSPS) is 13.4. The van der Waals surface area contributed by atoms with Crippen LogP contribution in [0.2, 0.25) is 0 Å². The largest absolute Gasteiger partial charge is 0.478 e. The van der Waals surface area contributed by atoms with Gasteiger partial charge in [0.2, 0.25) is 0 Å². The lowest BCUT2D eigenvalue weighted by Gasteiger charge is -2.28. The van der Waals surface area contributed by atoms with Crippen molar-refractivity contribution in [1.29, 1.82) is 0 Å². The van der Waals surface area contributed by atoms with Gasteiger partial charge in [-0.15, -0.1) is 0 Å². The van der Waals surface area contributed by atoms with Gasteiger partial charge < -0.3 is 31.1 Å². The predicted octanol–water partition coefficient (Wildman–Crippen LogP) is 3.07. The maximum absolute atomic E-state index is 11.9. The highest BCUT2D eigenvalue weighted by Gasteiger charge is 2.13. The van der Waals surface area contributed by atoms with Gasteiger partial charge in [-0.1, -0.05) is 12.1 Å². The molecule has 4 rings (SSSR count). The first-order valence-electron chi connectivity index (χ1n) is 10.6. The monoisotopic (exact) mass is 447 g/mol. The Balaban J connectivity index is 1.48. The first-order valence-corrected chi connectivity index (χ1v) is 10.6. The number of pyridine rings is 1. The fourth-order valence-corrected chi connectivity index (χ4v) is 3.60. The second-order valence-electron chi connectivity index (χ2n) is 7.61. The molecule has 0 radical (unpaired) electrons. The maximum Gasteiger partial charge on any atom is 0.335 e. The van der Waals surface area contributed by atoms with Crippen LogP contribution in [0.3, 0.4) is 0 Å². The number of aromatic nitrogens is 1. The Kier molecular flexibility index (Phi) is 6.70. The zero-order valence-corrected chi connectivity index (χ0v) is 18.0. The minimum Gasteiger partial charge on any atom is -0.478 e. The number of nitrogens with one attached hydrogen (secondary N) is 2. The van der Waals surface area contributed by atoms with E-state index in [9.17, 15) is 14.7 Å². The van der Waals surface area contributed by atoms with Crippen molar-refractivity contribution in [3.8, 4) is 0 Å². The van der Waals surface area contributed by atoms with E-state index in [1.165, 1.54) is 12.3 Å². The van der Waals surface area contributed by atoms with Gasteiger partial charge in [0.05, 0.1) is 30.0 Å². The van der Waals surface area contributed by atoms with Crippen LogP contribution in [0.15, 0.2) is 60.8 Å². The number of rotatable bonds is 8. The molecule has 0 bridgehead atoms. The smallest absolute Gasteiger partial charge is 0.335 e. The van der Waals surface area contributed by atoms with Crippen LogP contribution < -0.4 is 21.3 Å². The minimum absolute atomic E-state index is 0.196. The van der Waals surface area contributed by atoms with Crippen molar-refractivity contribution in [2.24, 2.45) is 5.73 Å². The molecule has 33 heavy (non-hydrogen) atoms. The molecule has 170 valence electrons. The number of carboxylic acid groups (broad SMARTS) is 1. The second-order valence-corrected chi connectivity index (χ2v) is 7.61. The van der Waals surface area contributed by atoms with Gasteiger partial charge in [0, 0.05) is 43.3 Å². The average Bonchev–Trinajstić information content (AvgIpc) is 2.84. The van der Waals surface area contributed by atoms with Crippen LogP contribution in [0.25, 0.3) is 0 Å². The van der Waals surface area contributed by atoms with Crippen molar-refractivity contribution in [2.45, 2.75) is 6.54 Å². The van der Waals surface area contributed by atoms with Crippen LogP contribution in [-0.4, -0.2) is 48.3 Å². The SMILES string of the molecule is NC(=O)c1cnc(Nc2ccc(N3CCOCC3)cc2)cc1NCc1cccc(C(=O)O)c1. The molecular formula is C24H25N5O4. The third-order valence-electron chi connectivity index (χ3n) is 5.34. The number of carboxylic acids is 1. The van der Waals surface area contributed by atoms with E-state index in [0.717, 1.165) is 43.2 Å². The summed E-state index contributed by atoms with van der Waals surface area (Å²) in [6.45, 7) is 3.51. The van der Waals surface area contributed by atoms with E-state index < -0.39 is 11.9 Å². The Morgan fingerprint density at radius 2 is 1.85 bits per heavy atom. The highest BCUT2D eigenvalue weighted by Crippen LogP contribution is 2.24. The predicted molar refractivity (Wildman–Crippen MR) is 126 cm³/mol. The molecule has 9 nitrogen and oxygen atoms in total. The molecule has 0 saturated carbocycles. The van der Waals surface area contributed by atoms with E-state index in [1.807, 2.05) is 24.3 Å². The van der Waals surface area contributed by atoms with Crippen LogP contribution in [0.5, 0.6) is 0 Å². The van der Waals surface area contributed by atoms with Crippen molar-refractivity contribution in [3.63, 3.8) is 0 Å². The van der Waals surface area contributed by atoms with E-state index in [0.29, 0.717) is 18.1 Å². The van der Waals surface area contributed by atoms with Gasteiger partial charge in [-0.3, -0.25) is 4.79 Å². The first kappa shape index (κ1) is 22.1. The molecule has 0 spiro atoms. The fraction of sp³-hybridized carbons (Fsp3) is 0.208. The minimum atomic E-state index is -0.996. The number of morpholine rings is 1. The summed E-state index contributed by atoms with van der Waals surface area (Å²) in [4.78, 5) is 29.6. The van der Waals surface area contributed by atoms with E-state index in [2.05, 4.69) is 20.5 Å². The van der Waals surface area contributed by atoms with Crippen molar-refractivity contribution in [2.75, 3.05) is 41.8 Å². The quantitative estimate of drug-likeness (QED) is 0.415. The third-order valence-corrected chi connectivity index (χ3v) is 5.34. The Morgan fingerprint density at radius 1 is 1.09 bits per heavy atom. The molecule has 0 unspecified atom stereocenters. The lowest BCUT2D eigenvalue weighted by Crippen LogP contribution is -2.36. The van der Waals surface area contributed by atoms with Crippen molar-refractivity contribution in [3.05, 3.63) is 77.5 Å². The number of benzene rings is 2. The molecule has 3 aromatic rings. The summed E-state index contributed by atoms with van der Waals surface area (Å²) < 4.78 is 5.40. The number of nitrogens with two attached hydrogens (primary N) is 1. The van der Waals surface area contributed by atoms with Crippen molar-refractivity contribution in [1.82, 2.24) is 4.98 Å². The highest BCUT2D eigenvalue weighted by molar-refractivity contribution is 5.98. The van der Waals surface area contributed by atoms with Crippen molar-refractivity contribution < 1.29 is 19.4 Å². The number of carbonyl (C=O) groups excluding carboxylic acids is 1. The van der Waals surface area contributed by atoms with Crippen LogP contribution in [0, 0.1) is 0 Å². The van der Waals surface area contributed by atoms with Gasteiger partial charge in [-0.05, 0) is 42.0 Å². The summed E-state index contributed by atoms with van der Waals surface area (Å²) in [5, 5.41) is 15.6. The zero-order chi connectivity index (χ0) is 23.2. The molecular weight excluding hydrogens is 422 g/mol. The maximum atomic E-state index is 11.9. The summed E-state index contributed by atoms with van der Waals surface area (Å²) in [6.07, 6.45) is 1.42. The first-order chi connectivity index (χ1) is 16.0. The number of anilines is 4. The Labute approximate surface area is 191 Å². The molecule has 1 amide bonds. The Morgan fingerprint density at radius 3 is 2.55 bits per heavy atom. The highest BCUT2D eigenvalue weighted by atomic mass is 16.5. The van der Waals surface area contributed by atoms with E-state index in [-0.39, 0.29) is 11.1 Å². The number of primary amides is 1. The molecule has 2 aromatic carbocycles. The molecule has 9 heteroatoms. The van der Waals surface area contributed by atoms with Crippen LogP contribution in [0.1, 0.15) is 26.3 Å². The van der Waals surface area contributed by atoms with E-state index in [1.54, 1.807) is 24.3 Å². The number of carbonyl (C=O) groups is 2.